The molecule has 0 atom stereocenters. The van der Waals surface area contributed by atoms with Gasteiger partial charge >= 0.3 is 11.9 Å². The highest BCUT2D eigenvalue weighted by Crippen LogP contribution is 2.34. The number of esters is 2. The van der Waals surface area contributed by atoms with Gasteiger partial charge in [0.05, 0.1) is 18.8 Å². The second kappa shape index (κ2) is 10.6. The lowest BCUT2D eigenvalue weighted by Crippen LogP contribution is -2.16. The minimum absolute atomic E-state index is 0.0574. The third-order valence-corrected chi connectivity index (χ3v) is 5.30. The summed E-state index contributed by atoms with van der Waals surface area (Å²) in [5, 5.41) is 12.6. The largest absolute Gasteiger partial charge is 0.462 e. The molecule has 1 heterocycles. The van der Waals surface area contributed by atoms with Gasteiger partial charge in [0.2, 0.25) is 0 Å². The molecule has 0 spiro atoms. The summed E-state index contributed by atoms with van der Waals surface area (Å²) in [4.78, 5) is 37.5. The van der Waals surface area contributed by atoms with Crippen molar-refractivity contribution in [3.63, 3.8) is 0 Å². The van der Waals surface area contributed by atoms with Crippen molar-refractivity contribution in [1.29, 1.82) is 5.26 Å². The van der Waals surface area contributed by atoms with Crippen LogP contribution in [0.25, 0.3) is 6.08 Å². The third-order valence-electron chi connectivity index (χ3n) is 3.86. The molecule has 0 bridgehead atoms. The molecule has 0 aliphatic heterocycles. The van der Waals surface area contributed by atoms with Crippen molar-refractivity contribution in [1.82, 2.24) is 0 Å². The van der Waals surface area contributed by atoms with E-state index in [-0.39, 0.29) is 34.2 Å². The Kier molecular flexibility index (Phi) is 8.16. The number of hydrogen-bond donors (Lipinski definition) is 1. The molecule has 2 rings (SSSR count). The Labute approximate surface area is 182 Å². The van der Waals surface area contributed by atoms with Crippen molar-refractivity contribution in [2.24, 2.45) is 0 Å². The van der Waals surface area contributed by atoms with Gasteiger partial charge in [0.25, 0.3) is 5.91 Å². The first kappa shape index (κ1) is 23.1. The number of amides is 1. The zero-order valence-corrected chi connectivity index (χ0v) is 18.1. The summed E-state index contributed by atoms with van der Waals surface area (Å²) in [7, 11) is 0. The maximum atomic E-state index is 12.7. The van der Waals surface area contributed by atoms with E-state index >= 15 is 0 Å². The summed E-state index contributed by atoms with van der Waals surface area (Å²) in [6.45, 7) is 5.16. The maximum Gasteiger partial charge on any atom is 0.348 e. The molecular formula is C21H19ClN2O5S. The van der Waals surface area contributed by atoms with Crippen LogP contribution in [0.2, 0.25) is 5.02 Å². The number of thiophene rings is 1. The molecule has 156 valence electrons. The number of carbonyl (C=O) groups excluding carboxylic acids is 3. The Morgan fingerprint density at radius 3 is 2.30 bits per heavy atom. The average Bonchev–Trinajstić information content (AvgIpc) is 3.03. The number of benzene rings is 1. The summed E-state index contributed by atoms with van der Waals surface area (Å²) in [5.74, 6) is -2.02. The number of anilines is 1. The number of nitrogens with zero attached hydrogens (tertiary/aromatic N) is 1. The zero-order valence-electron chi connectivity index (χ0n) is 16.6. The maximum absolute atomic E-state index is 12.7. The quantitative estimate of drug-likeness (QED) is 0.378. The lowest BCUT2D eigenvalue weighted by molar-refractivity contribution is -0.112. The Bertz CT molecular complexity index is 1030. The summed E-state index contributed by atoms with van der Waals surface area (Å²) in [6.07, 6.45) is 1.39. The minimum atomic E-state index is -0.727. The molecule has 1 aromatic carbocycles. The van der Waals surface area contributed by atoms with Gasteiger partial charge in [-0.3, -0.25) is 4.79 Å². The normalized spacial score (nSPS) is 10.8. The van der Waals surface area contributed by atoms with E-state index in [0.29, 0.717) is 16.1 Å². The molecule has 0 aliphatic carbocycles. The first-order valence-corrected chi connectivity index (χ1v) is 10.2. The second-order valence-corrected chi connectivity index (χ2v) is 7.33. The molecule has 0 saturated heterocycles. The van der Waals surface area contributed by atoms with Gasteiger partial charge in [0.1, 0.15) is 21.5 Å². The Morgan fingerprint density at radius 1 is 1.13 bits per heavy atom. The predicted octanol–water partition coefficient (Wildman–Crippen LogP) is 4.61. The fourth-order valence-corrected chi connectivity index (χ4v) is 3.70. The predicted molar refractivity (Wildman–Crippen MR) is 115 cm³/mol. The Balaban J connectivity index is 2.41. The highest BCUT2D eigenvalue weighted by molar-refractivity contribution is 7.18. The van der Waals surface area contributed by atoms with Crippen LogP contribution in [0.15, 0.2) is 29.8 Å². The lowest BCUT2D eigenvalue weighted by atomic mass is 10.1. The van der Waals surface area contributed by atoms with Crippen LogP contribution in [-0.2, 0) is 14.3 Å². The van der Waals surface area contributed by atoms with E-state index in [1.54, 1.807) is 45.0 Å². The number of rotatable bonds is 7. The minimum Gasteiger partial charge on any atom is -0.462 e. The van der Waals surface area contributed by atoms with Crippen LogP contribution >= 0.6 is 22.9 Å². The van der Waals surface area contributed by atoms with Gasteiger partial charge in [-0.25, -0.2) is 9.59 Å². The van der Waals surface area contributed by atoms with Crippen molar-refractivity contribution < 1.29 is 23.9 Å². The molecule has 7 nitrogen and oxygen atoms in total. The summed E-state index contributed by atoms with van der Waals surface area (Å²) in [5.41, 5.74) is 0.816. The molecular weight excluding hydrogens is 428 g/mol. The highest BCUT2D eigenvalue weighted by Gasteiger charge is 2.27. The van der Waals surface area contributed by atoms with E-state index in [9.17, 15) is 19.6 Å². The van der Waals surface area contributed by atoms with Crippen molar-refractivity contribution >= 4 is 51.9 Å². The first-order valence-electron chi connectivity index (χ1n) is 8.98. The van der Waals surface area contributed by atoms with Crippen LogP contribution in [0.3, 0.4) is 0 Å². The zero-order chi connectivity index (χ0) is 22.3. The van der Waals surface area contributed by atoms with Gasteiger partial charge in [-0.1, -0.05) is 23.7 Å². The van der Waals surface area contributed by atoms with Crippen molar-refractivity contribution in [2.75, 3.05) is 18.5 Å². The summed E-state index contributed by atoms with van der Waals surface area (Å²) in [6, 6.07) is 8.42. The van der Waals surface area contributed by atoms with Crippen molar-refractivity contribution in [3.8, 4) is 6.07 Å². The van der Waals surface area contributed by atoms with E-state index in [1.165, 1.54) is 6.08 Å². The molecule has 2 aromatic rings. The van der Waals surface area contributed by atoms with E-state index in [0.717, 1.165) is 11.3 Å². The van der Waals surface area contributed by atoms with Crippen LogP contribution in [-0.4, -0.2) is 31.1 Å². The van der Waals surface area contributed by atoms with Crippen molar-refractivity contribution in [2.45, 2.75) is 20.8 Å². The van der Waals surface area contributed by atoms with E-state index < -0.39 is 17.8 Å². The summed E-state index contributed by atoms with van der Waals surface area (Å²) >= 11 is 6.74. The van der Waals surface area contributed by atoms with Crippen LogP contribution in [0.4, 0.5) is 5.00 Å². The fraction of sp³-hybridized carbons (Fsp3) is 0.238. The average molecular weight is 447 g/mol. The summed E-state index contributed by atoms with van der Waals surface area (Å²) < 4.78 is 10.1. The van der Waals surface area contributed by atoms with Crippen LogP contribution in [0, 0.1) is 18.3 Å². The molecule has 1 aromatic heterocycles. The van der Waals surface area contributed by atoms with Crippen LogP contribution < -0.4 is 5.32 Å². The number of carbonyl (C=O) groups is 3. The standard InChI is InChI=1S/C21H19ClN2O5S/c1-4-28-20(26)16-12(3)17(21(27)29-5-2)30-19(16)24-18(25)14(11-23)10-13-6-8-15(22)9-7-13/h6-10H,4-5H2,1-3H3,(H,24,25). The second-order valence-electron chi connectivity index (χ2n) is 5.88. The Morgan fingerprint density at radius 2 is 1.73 bits per heavy atom. The number of halogens is 1. The van der Waals surface area contributed by atoms with E-state index in [2.05, 4.69) is 5.32 Å². The van der Waals surface area contributed by atoms with Gasteiger partial charge in [-0.15, -0.1) is 11.3 Å². The lowest BCUT2D eigenvalue weighted by Gasteiger charge is -2.06. The van der Waals surface area contributed by atoms with E-state index in [1.807, 2.05) is 6.07 Å². The smallest absolute Gasteiger partial charge is 0.348 e. The molecule has 9 heteroatoms. The third kappa shape index (κ3) is 5.47. The molecule has 0 radical (unpaired) electrons. The highest BCUT2D eigenvalue weighted by atomic mass is 35.5. The fourth-order valence-electron chi connectivity index (χ4n) is 2.49. The number of ether oxygens (including phenoxy) is 2. The molecule has 1 N–H and O–H groups in total. The van der Waals surface area contributed by atoms with E-state index in [4.69, 9.17) is 21.1 Å². The SMILES string of the molecule is CCOC(=O)c1sc(NC(=O)C(C#N)=Cc2ccc(Cl)cc2)c(C(=O)OCC)c1C. The molecule has 0 unspecified atom stereocenters. The topological polar surface area (TPSA) is 105 Å². The van der Waals surface area contributed by atoms with Gasteiger partial charge in [-0.2, -0.15) is 5.26 Å². The van der Waals surface area contributed by atoms with Gasteiger partial charge in [0, 0.05) is 5.02 Å². The monoisotopic (exact) mass is 446 g/mol. The molecule has 0 fully saturated rings. The van der Waals surface area contributed by atoms with Crippen LogP contribution in [0.1, 0.15) is 45.0 Å². The van der Waals surface area contributed by atoms with Gasteiger partial charge in [0.15, 0.2) is 0 Å². The molecule has 30 heavy (non-hydrogen) atoms. The van der Waals surface area contributed by atoms with Crippen molar-refractivity contribution in [3.05, 3.63) is 56.4 Å². The molecule has 1 amide bonds. The van der Waals surface area contributed by atoms with Gasteiger partial charge < -0.3 is 14.8 Å². The van der Waals surface area contributed by atoms with Gasteiger partial charge in [-0.05, 0) is 50.1 Å². The first-order chi connectivity index (χ1) is 14.3. The molecule has 0 saturated carbocycles. The number of hydrogen-bond acceptors (Lipinski definition) is 7. The number of nitrogens with one attached hydrogen (secondary N) is 1. The number of nitriles is 1. The Hall–Kier alpha value is -3.15. The van der Waals surface area contributed by atoms with Crippen LogP contribution in [0.5, 0.6) is 0 Å². The molecule has 0 aliphatic rings.